The normalized spacial score (nSPS) is 19.9. The third-order valence-corrected chi connectivity index (χ3v) is 8.45. The van der Waals surface area contributed by atoms with E-state index in [9.17, 15) is 14.7 Å². The molecule has 228 valence electrons. The first-order valence-electron chi connectivity index (χ1n) is 15.1. The Balaban J connectivity index is 1.32. The van der Waals surface area contributed by atoms with Crippen molar-refractivity contribution in [2.75, 3.05) is 30.1 Å². The molecule has 3 heterocycles. The SMILES string of the molecule is COc1ccc2c(c1)[C@@](O)([C@H](C)/C=C/CCn1cc(CCO)nn1)C(=O)N2Cc1ccc(N2CCCCCCC2=O)cc1. The Hall–Kier alpha value is -4.02. The number of methoxy groups -OCH3 is 1. The molecule has 3 aromatic rings. The smallest absolute Gasteiger partial charge is 0.264 e. The molecule has 1 aromatic heterocycles. The van der Waals surface area contributed by atoms with E-state index in [0.29, 0.717) is 42.8 Å². The van der Waals surface area contributed by atoms with Crippen LogP contribution in [0.5, 0.6) is 5.75 Å². The maximum atomic E-state index is 14.0. The molecule has 0 bridgehead atoms. The largest absolute Gasteiger partial charge is 0.497 e. The number of benzene rings is 2. The highest BCUT2D eigenvalue weighted by Gasteiger charge is 2.52. The summed E-state index contributed by atoms with van der Waals surface area (Å²) in [6.45, 7) is 3.46. The summed E-state index contributed by atoms with van der Waals surface area (Å²) in [6.07, 6.45) is 11.4. The lowest BCUT2D eigenvalue weighted by Crippen LogP contribution is -2.44. The molecule has 2 N–H and O–H groups in total. The molecule has 0 aliphatic carbocycles. The molecule has 2 atom stereocenters. The fraction of sp³-hybridized carbons (Fsp3) is 0.455. The van der Waals surface area contributed by atoms with E-state index in [1.807, 2.05) is 60.5 Å². The lowest BCUT2D eigenvalue weighted by Gasteiger charge is -2.28. The highest BCUT2D eigenvalue weighted by atomic mass is 16.5. The number of carbonyl (C=O) groups is 2. The predicted molar refractivity (Wildman–Crippen MR) is 164 cm³/mol. The lowest BCUT2D eigenvalue weighted by atomic mass is 9.83. The van der Waals surface area contributed by atoms with Crippen LogP contribution in [0.4, 0.5) is 11.4 Å². The van der Waals surface area contributed by atoms with Crippen LogP contribution < -0.4 is 14.5 Å². The molecule has 2 aliphatic rings. The van der Waals surface area contributed by atoms with E-state index in [-0.39, 0.29) is 25.0 Å². The first kappa shape index (κ1) is 30.4. The Morgan fingerprint density at radius 2 is 1.88 bits per heavy atom. The van der Waals surface area contributed by atoms with Gasteiger partial charge in [-0.2, -0.15) is 0 Å². The molecule has 5 rings (SSSR count). The highest BCUT2D eigenvalue weighted by molar-refractivity contribution is 6.07. The second-order valence-electron chi connectivity index (χ2n) is 11.4. The molecule has 1 fully saturated rings. The molecule has 0 radical (unpaired) electrons. The van der Waals surface area contributed by atoms with E-state index >= 15 is 0 Å². The Morgan fingerprint density at radius 1 is 1.09 bits per heavy atom. The minimum atomic E-state index is -1.77. The zero-order valence-corrected chi connectivity index (χ0v) is 25.0. The van der Waals surface area contributed by atoms with Gasteiger partial charge in [-0.1, -0.05) is 49.3 Å². The first-order chi connectivity index (χ1) is 20.8. The predicted octanol–water partition coefficient (Wildman–Crippen LogP) is 4.14. The molecule has 43 heavy (non-hydrogen) atoms. The maximum Gasteiger partial charge on any atom is 0.264 e. The van der Waals surface area contributed by atoms with Crippen molar-refractivity contribution in [1.82, 2.24) is 15.0 Å². The highest BCUT2D eigenvalue weighted by Crippen LogP contribution is 2.47. The summed E-state index contributed by atoms with van der Waals surface area (Å²) in [5.74, 6) is -0.182. The van der Waals surface area contributed by atoms with Gasteiger partial charge in [0.25, 0.3) is 5.91 Å². The number of anilines is 2. The van der Waals surface area contributed by atoms with Crippen molar-refractivity contribution < 1.29 is 24.5 Å². The van der Waals surface area contributed by atoms with Gasteiger partial charge in [-0.25, -0.2) is 0 Å². The Morgan fingerprint density at radius 3 is 2.65 bits per heavy atom. The van der Waals surface area contributed by atoms with Crippen molar-refractivity contribution in [3.8, 4) is 5.75 Å². The molecule has 1 saturated heterocycles. The van der Waals surface area contributed by atoms with Crippen LogP contribution in [-0.4, -0.2) is 57.3 Å². The zero-order valence-electron chi connectivity index (χ0n) is 25.0. The number of aryl methyl sites for hydroxylation is 1. The molecule has 2 aliphatic heterocycles. The molecule has 0 saturated carbocycles. The third kappa shape index (κ3) is 6.50. The van der Waals surface area contributed by atoms with Crippen LogP contribution in [0, 0.1) is 5.92 Å². The minimum absolute atomic E-state index is 0.0247. The molecular weight excluding hydrogens is 546 g/mol. The number of hydrogen-bond acceptors (Lipinski definition) is 7. The number of ether oxygens (including phenoxy) is 1. The Bertz CT molecular complexity index is 1450. The number of nitrogens with zero attached hydrogens (tertiary/aromatic N) is 5. The van der Waals surface area contributed by atoms with Crippen LogP contribution >= 0.6 is 0 Å². The number of aliphatic hydroxyl groups excluding tert-OH is 1. The summed E-state index contributed by atoms with van der Waals surface area (Å²) < 4.78 is 7.16. The van der Waals surface area contributed by atoms with Crippen molar-refractivity contribution >= 4 is 23.2 Å². The fourth-order valence-corrected chi connectivity index (χ4v) is 5.93. The summed E-state index contributed by atoms with van der Waals surface area (Å²) in [6, 6.07) is 13.2. The summed E-state index contributed by atoms with van der Waals surface area (Å²) in [5, 5.41) is 29.2. The number of allylic oxidation sites excluding steroid dienone is 1. The first-order valence-corrected chi connectivity index (χ1v) is 15.1. The quantitative estimate of drug-likeness (QED) is 0.324. The van der Waals surface area contributed by atoms with Crippen LogP contribution in [0.15, 0.2) is 60.8 Å². The van der Waals surface area contributed by atoms with Crippen molar-refractivity contribution in [3.05, 3.63) is 77.6 Å². The number of rotatable bonds is 11. The van der Waals surface area contributed by atoms with Gasteiger partial charge in [0.1, 0.15) is 5.75 Å². The van der Waals surface area contributed by atoms with Crippen LogP contribution in [0.25, 0.3) is 0 Å². The number of hydrogen-bond donors (Lipinski definition) is 2. The second-order valence-corrected chi connectivity index (χ2v) is 11.4. The van der Waals surface area contributed by atoms with Gasteiger partial charge in [0.05, 0.1) is 25.0 Å². The maximum absolute atomic E-state index is 14.0. The average molecular weight is 588 g/mol. The summed E-state index contributed by atoms with van der Waals surface area (Å²) in [5.41, 5.74) is 1.91. The van der Waals surface area contributed by atoms with Crippen LogP contribution in [-0.2, 0) is 34.7 Å². The van der Waals surface area contributed by atoms with Gasteiger partial charge in [0.15, 0.2) is 5.60 Å². The molecule has 10 heteroatoms. The van der Waals surface area contributed by atoms with Gasteiger partial charge in [0.2, 0.25) is 5.91 Å². The third-order valence-electron chi connectivity index (χ3n) is 8.45. The van der Waals surface area contributed by atoms with Crippen LogP contribution in [0.1, 0.15) is 62.3 Å². The van der Waals surface area contributed by atoms with Crippen LogP contribution in [0.2, 0.25) is 0 Å². The zero-order chi connectivity index (χ0) is 30.4. The monoisotopic (exact) mass is 587 g/mol. The van der Waals surface area contributed by atoms with Gasteiger partial charge in [-0.15, -0.1) is 5.10 Å². The van der Waals surface area contributed by atoms with E-state index in [2.05, 4.69) is 10.3 Å². The van der Waals surface area contributed by atoms with E-state index in [1.165, 1.54) is 0 Å². The molecule has 0 unspecified atom stereocenters. The second kappa shape index (κ2) is 13.5. The van der Waals surface area contributed by atoms with Crippen molar-refractivity contribution in [2.45, 2.75) is 70.6 Å². The minimum Gasteiger partial charge on any atom is -0.497 e. The van der Waals surface area contributed by atoms with E-state index in [1.54, 1.807) is 28.8 Å². The number of aliphatic hydroxyl groups is 2. The molecular formula is C33H41N5O5. The number of aromatic nitrogens is 3. The molecule has 10 nitrogen and oxygen atoms in total. The van der Waals surface area contributed by atoms with Crippen molar-refractivity contribution in [2.24, 2.45) is 5.92 Å². The average Bonchev–Trinajstić information content (AvgIpc) is 3.54. The van der Waals surface area contributed by atoms with Crippen molar-refractivity contribution in [1.29, 1.82) is 0 Å². The topological polar surface area (TPSA) is 121 Å². The number of carbonyl (C=O) groups excluding carboxylic acids is 2. The lowest BCUT2D eigenvalue weighted by molar-refractivity contribution is -0.139. The molecule has 0 spiro atoms. The van der Waals surface area contributed by atoms with Gasteiger partial charge < -0.3 is 24.7 Å². The fourth-order valence-electron chi connectivity index (χ4n) is 5.93. The molecule has 2 aromatic carbocycles. The standard InChI is InChI=1S/C33H41N5O5/c1-24(9-6-8-18-36-23-26(17-20-39)34-35-36)33(42)29-21-28(43-2)15-16-30(29)38(32(33)41)22-25-11-13-27(14-12-25)37-19-7-4-3-5-10-31(37)40/h6,9,11-16,21,23-24,39,42H,3-5,7-8,10,17-20,22H2,1-2H3/b9-6+/t24-,33+/m1/s1. The summed E-state index contributed by atoms with van der Waals surface area (Å²) >= 11 is 0. The summed E-state index contributed by atoms with van der Waals surface area (Å²) in [7, 11) is 1.56. The van der Waals surface area contributed by atoms with E-state index < -0.39 is 11.5 Å². The van der Waals surface area contributed by atoms with Crippen LogP contribution in [0.3, 0.4) is 0 Å². The van der Waals surface area contributed by atoms with Gasteiger partial charge >= 0.3 is 0 Å². The number of amides is 2. The Kier molecular flexibility index (Phi) is 9.57. The molecule has 2 amide bonds. The van der Waals surface area contributed by atoms with Gasteiger partial charge in [0, 0.05) is 55.9 Å². The Labute approximate surface area is 252 Å². The summed E-state index contributed by atoms with van der Waals surface area (Å²) in [4.78, 5) is 30.2. The van der Waals surface area contributed by atoms with E-state index in [0.717, 1.165) is 49.2 Å². The van der Waals surface area contributed by atoms with Gasteiger partial charge in [-0.05, 0) is 55.2 Å². The van der Waals surface area contributed by atoms with E-state index in [4.69, 9.17) is 9.84 Å². The van der Waals surface area contributed by atoms with Gasteiger partial charge in [-0.3, -0.25) is 14.3 Å². The number of fused-ring (bicyclic) bond motifs is 1. The van der Waals surface area contributed by atoms with Crippen molar-refractivity contribution in [3.63, 3.8) is 0 Å².